The van der Waals surface area contributed by atoms with E-state index in [2.05, 4.69) is 15.6 Å². The third-order valence-electron chi connectivity index (χ3n) is 2.37. The average Bonchev–Trinajstić information content (AvgIpc) is 2.33. The highest BCUT2D eigenvalue weighted by molar-refractivity contribution is 14.0. The number of nitrogens with one attached hydrogen (secondary N) is 2. The molecule has 0 unspecified atom stereocenters. The lowest BCUT2D eigenvalue weighted by molar-refractivity contribution is -0.143. The molecule has 0 saturated carbocycles. The maximum absolute atomic E-state index is 11.0. The molecule has 0 fully saturated rings. The minimum absolute atomic E-state index is 0. The summed E-state index contributed by atoms with van der Waals surface area (Å²) in [5.41, 5.74) is 0. The Bertz CT molecular complexity index is 235. The molecule has 0 aromatic heterocycles. The van der Waals surface area contributed by atoms with Crippen LogP contribution in [0, 0.1) is 0 Å². The largest absolute Gasteiger partial charge is 0.466 e. The molecule has 0 radical (unpaired) electrons. The number of esters is 1. The van der Waals surface area contributed by atoms with Crippen molar-refractivity contribution in [1.82, 2.24) is 10.6 Å². The van der Waals surface area contributed by atoms with Gasteiger partial charge in [0.15, 0.2) is 5.96 Å². The predicted octanol–water partition coefficient (Wildman–Crippen LogP) is 1.91. The lowest BCUT2D eigenvalue weighted by atomic mass is 10.1. The lowest BCUT2D eigenvalue weighted by Gasteiger charge is -2.07. The zero-order valence-electron chi connectivity index (χ0n) is 11.6. The Balaban J connectivity index is 0. The Kier molecular flexibility index (Phi) is 16.0. The monoisotopic (exact) mass is 371 g/mol. The molecule has 0 aliphatic carbocycles. The number of carbonyl (C=O) groups excluding carboxylic acids is 1. The van der Waals surface area contributed by atoms with Gasteiger partial charge in [-0.25, -0.2) is 0 Å². The van der Waals surface area contributed by atoms with Crippen LogP contribution < -0.4 is 10.6 Å². The van der Waals surface area contributed by atoms with Crippen LogP contribution in [0.2, 0.25) is 0 Å². The molecule has 5 nitrogen and oxygen atoms in total. The molecule has 6 heteroatoms. The summed E-state index contributed by atoms with van der Waals surface area (Å²) in [6.07, 6.45) is 4.73. The van der Waals surface area contributed by atoms with Gasteiger partial charge < -0.3 is 15.4 Å². The van der Waals surface area contributed by atoms with Gasteiger partial charge in [0.05, 0.1) is 6.61 Å². The molecular formula is C12H26IN3O2. The number of hydrogen-bond acceptors (Lipinski definition) is 3. The lowest BCUT2D eigenvalue weighted by Crippen LogP contribution is -2.35. The third-order valence-corrected chi connectivity index (χ3v) is 2.37. The number of nitrogens with zero attached hydrogens (tertiary/aromatic N) is 1. The zero-order valence-corrected chi connectivity index (χ0v) is 14.0. The number of rotatable bonds is 8. The molecule has 0 atom stereocenters. The molecule has 0 aromatic carbocycles. The Hall–Kier alpha value is -0.530. The fraction of sp³-hybridized carbons (Fsp3) is 0.833. The Morgan fingerprint density at radius 2 is 1.89 bits per heavy atom. The number of aliphatic imine (C=N–C) groups is 1. The van der Waals surface area contributed by atoms with E-state index in [-0.39, 0.29) is 29.9 Å². The quantitative estimate of drug-likeness (QED) is 0.225. The topological polar surface area (TPSA) is 62.7 Å². The minimum Gasteiger partial charge on any atom is -0.466 e. The molecule has 0 aliphatic rings. The normalized spacial score (nSPS) is 10.5. The standard InChI is InChI=1S/C12H25N3O2.HI/c1-4-17-11(16)9-7-5-6-8-10-15-12(13-2)14-3;/h4-10H2,1-3H3,(H2,13,14,15);1H. The van der Waals surface area contributed by atoms with Crippen molar-refractivity contribution in [1.29, 1.82) is 0 Å². The fourth-order valence-electron chi connectivity index (χ4n) is 1.47. The fourth-order valence-corrected chi connectivity index (χ4v) is 1.47. The van der Waals surface area contributed by atoms with Crippen LogP contribution in [0.5, 0.6) is 0 Å². The van der Waals surface area contributed by atoms with Gasteiger partial charge in [0.25, 0.3) is 0 Å². The zero-order chi connectivity index (χ0) is 12.9. The van der Waals surface area contributed by atoms with E-state index in [0.29, 0.717) is 13.0 Å². The van der Waals surface area contributed by atoms with Crippen LogP contribution in [0.25, 0.3) is 0 Å². The first-order chi connectivity index (χ1) is 8.24. The van der Waals surface area contributed by atoms with Crippen LogP contribution in [0.1, 0.15) is 39.0 Å². The summed E-state index contributed by atoms with van der Waals surface area (Å²) in [5.74, 6) is 0.734. The van der Waals surface area contributed by atoms with Gasteiger partial charge in [0, 0.05) is 27.1 Å². The number of carbonyl (C=O) groups is 1. The molecule has 0 amide bonds. The van der Waals surface area contributed by atoms with Crippen molar-refractivity contribution in [3.8, 4) is 0 Å². The molecule has 108 valence electrons. The average molecular weight is 371 g/mol. The van der Waals surface area contributed by atoms with Crippen molar-refractivity contribution in [2.75, 3.05) is 27.2 Å². The summed E-state index contributed by atoms with van der Waals surface area (Å²) in [6, 6.07) is 0. The Morgan fingerprint density at radius 3 is 2.44 bits per heavy atom. The van der Waals surface area contributed by atoms with Crippen LogP contribution in [-0.4, -0.2) is 39.2 Å². The van der Waals surface area contributed by atoms with E-state index < -0.39 is 0 Å². The first kappa shape index (κ1) is 19.8. The number of halogens is 1. The first-order valence-corrected chi connectivity index (χ1v) is 6.28. The molecule has 0 spiro atoms. The molecule has 0 rings (SSSR count). The van der Waals surface area contributed by atoms with Crippen LogP contribution in [0.4, 0.5) is 0 Å². The molecular weight excluding hydrogens is 345 g/mol. The van der Waals surface area contributed by atoms with E-state index >= 15 is 0 Å². The number of ether oxygens (including phenoxy) is 1. The van der Waals surface area contributed by atoms with Crippen molar-refractivity contribution < 1.29 is 9.53 Å². The molecule has 0 aliphatic heterocycles. The summed E-state index contributed by atoms with van der Waals surface area (Å²) < 4.78 is 4.85. The van der Waals surface area contributed by atoms with Gasteiger partial charge >= 0.3 is 5.97 Å². The maximum Gasteiger partial charge on any atom is 0.305 e. The second-order valence-electron chi connectivity index (χ2n) is 3.72. The maximum atomic E-state index is 11.0. The van der Waals surface area contributed by atoms with Crippen molar-refractivity contribution in [3.05, 3.63) is 0 Å². The third kappa shape index (κ3) is 11.9. The van der Waals surface area contributed by atoms with Gasteiger partial charge in [-0.3, -0.25) is 9.79 Å². The van der Waals surface area contributed by atoms with Crippen molar-refractivity contribution in [3.63, 3.8) is 0 Å². The van der Waals surface area contributed by atoms with E-state index in [1.807, 2.05) is 14.0 Å². The van der Waals surface area contributed by atoms with Gasteiger partial charge in [-0.1, -0.05) is 12.8 Å². The van der Waals surface area contributed by atoms with Gasteiger partial charge in [-0.05, 0) is 19.8 Å². The first-order valence-electron chi connectivity index (χ1n) is 6.28. The number of hydrogen-bond donors (Lipinski definition) is 2. The summed E-state index contributed by atoms with van der Waals surface area (Å²) in [6.45, 7) is 3.22. The minimum atomic E-state index is -0.0822. The second kappa shape index (κ2) is 14.5. The summed E-state index contributed by atoms with van der Waals surface area (Å²) in [5, 5.41) is 6.15. The van der Waals surface area contributed by atoms with E-state index in [1.165, 1.54) is 0 Å². The Labute approximate surface area is 127 Å². The second-order valence-corrected chi connectivity index (χ2v) is 3.72. The highest BCUT2D eigenvalue weighted by Gasteiger charge is 2.00. The predicted molar refractivity (Wildman–Crippen MR) is 85.6 cm³/mol. The van der Waals surface area contributed by atoms with Crippen LogP contribution >= 0.6 is 24.0 Å². The number of unbranched alkanes of at least 4 members (excludes halogenated alkanes) is 3. The van der Waals surface area contributed by atoms with E-state index in [0.717, 1.165) is 38.2 Å². The summed E-state index contributed by atoms with van der Waals surface area (Å²) in [7, 11) is 3.59. The Morgan fingerprint density at radius 1 is 1.22 bits per heavy atom. The van der Waals surface area contributed by atoms with Gasteiger partial charge in [-0.15, -0.1) is 24.0 Å². The molecule has 18 heavy (non-hydrogen) atoms. The van der Waals surface area contributed by atoms with Gasteiger partial charge in [0.1, 0.15) is 0 Å². The van der Waals surface area contributed by atoms with Crippen molar-refractivity contribution in [2.45, 2.75) is 39.0 Å². The highest BCUT2D eigenvalue weighted by atomic mass is 127. The smallest absolute Gasteiger partial charge is 0.305 e. The number of guanidine groups is 1. The molecule has 2 N–H and O–H groups in total. The van der Waals surface area contributed by atoms with Gasteiger partial charge in [-0.2, -0.15) is 0 Å². The van der Waals surface area contributed by atoms with Crippen molar-refractivity contribution >= 4 is 35.9 Å². The van der Waals surface area contributed by atoms with Crippen LogP contribution in [0.3, 0.4) is 0 Å². The SMILES string of the molecule is CCOC(=O)CCCCCCNC(=NC)NC.I. The van der Waals surface area contributed by atoms with E-state index in [4.69, 9.17) is 4.74 Å². The van der Waals surface area contributed by atoms with E-state index in [1.54, 1.807) is 7.05 Å². The highest BCUT2D eigenvalue weighted by Crippen LogP contribution is 2.03. The molecule has 0 aromatic rings. The molecule has 0 saturated heterocycles. The molecule has 0 heterocycles. The van der Waals surface area contributed by atoms with Crippen LogP contribution in [-0.2, 0) is 9.53 Å². The summed E-state index contributed by atoms with van der Waals surface area (Å²) >= 11 is 0. The van der Waals surface area contributed by atoms with Gasteiger partial charge in [0.2, 0.25) is 0 Å². The summed E-state index contributed by atoms with van der Waals surface area (Å²) in [4.78, 5) is 15.1. The van der Waals surface area contributed by atoms with E-state index in [9.17, 15) is 4.79 Å². The van der Waals surface area contributed by atoms with Crippen LogP contribution in [0.15, 0.2) is 4.99 Å². The molecule has 0 bridgehead atoms. The van der Waals surface area contributed by atoms with Crippen molar-refractivity contribution in [2.24, 2.45) is 4.99 Å².